The fourth-order valence-corrected chi connectivity index (χ4v) is 1.94. The van der Waals surface area contributed by atoms with E-state index >= 15 is 0 Å². The SMILES string of the molecule is CC(C)Oc1ccnc2c(Br)cccc12. The number of rotatable bonds is 2. The zero-order chi connectivity index (χ0) is 10.8. The van der Waals surface area contributed by atoms with Gasteiger partial charge in [-0.2, -0.15) is 0 Å². The lowest BCUT2D eigenvalue weighted by Gasteiger charge is -2.12. The highest BCUT2D eigenvalue weighted by Gasteiger charge is 2.06. The molecule has 15 heavy (non-hydrogen) atoms. The van der Waals surface area contributed by atoms with Gasteiger partial charge in [-0.05, 0) is 48.0 Å². The summed E-state index contributed by atoms with van der Waals surface area (Å²) in [5.41, 5.74) is 0.940. The molecular weight excluding hydrogens is 254 g/mol. The maximum atomic E-state index is 5.72. The van der Waals surface area contributed by atoms with Gasteiger partial charge < -0.3 is 4.74 Å². The maximum Gasteiger partial charge on any atom is 0.130 e. The Morgan fingerprint density at radius 2 is 2.07 bits per heavy atom. The van der Waals surface area contributed by atoms with Gasteiger partial charge in [0.25, 0.3) is 0 Å². The van der Waals surface area contributed by atoms with E-state index < -0.39 is 0 Å². The van der Waals surface area contributed by atoms with Crippen molar-refractivity contribution in [2.45, 2.75) is 20.0 Å². The van der Waals surface area contributed by atoms with Gasteiger partial charge in [0.1, 0.15) is 5.75 Å². The number of para-hydroxylation sites is 1. The van der Waals surface area contributed by atoms with E-state index in [0.717, 1.165) is 21.1 Å². The van der Waals surface area contributed by atoms with Gasteiger partial charge in [0.05, 0.1) is 11.6 Å². The van der Waals surface area contributed by atoms with Crippen molar-refractivity contribution < 1.29 is 4.74 Å². The van der Waals surface area contributed by atoms with Crippen LogP contribution in [0.3, 0.4) is 0 Å². The third-order valence-corrected chi connectivity index (χ3v) is 2.68. The molecule has 0 amide bonds. The normalized spacial score (nSPS) is 10.9. The van der Waals surface area contributed by atoms with Crippen molar-refractivity contribution in [1.29, 1.82) is 0 Å². The molecule has 0 radical (unpaired) electrons. The first-order valence-electron chi connectivity index (χ1n) is 4.88. The molecule has 0 aliphatic heterocycles. The summed E-state index contributed by atoms with van der Waals surface area (Å²) in [7, 11) is 0. The van der Waals surface area contributed by atoms with Crippen LogP contribution in [0.1, 0.15) is 13.8 Å². The minimum atomic E-state index is 0.176. The number of hydrogen-bond donors (Lipinski definition) is 0. The standard InChI is InChI=1S/C12H12BrNO/c1-8(2)15-11-6-7-14-12-9(11)4-3-5-10(12)13/h3-8H,1-2H3. The van der Waals surface area contributed by atoms with Gasteiger partial charge in [-0.3, -0.25) is 4.98 Å². The molecule has 0 N–H and O–H groups in total. The summed E-state index contributed by atoms with van der Waals surface area (Å²) >= 11 is 3.48. The number of aromatic nitrogens is 1. The highest BCUT2D eigenvalue weighted by Crippen LogP contribution is 2.29. The summed E-state index contributed by atoms with van der Waals surface area (Å²) in [5, 5.41) is 1.04. The fraction of sp³-hybridized carbons (Fsp3) is 0.250. The second-order valence-electron chi connectivity index (χ2n) is 3.61. The zero-order valence-corrected chi connectivity index (χ0v) is 10.3. The van der Waals surface area contributed by atoms with E-state index in [1.165, 1.54) is 0 Å². The number of fused-ring (bicyclic) bond motifs is 1. The van der Waals surface area contributed by atoms with E-state index in [4.69, 9.17) is 4.74 Å². The Hall–Kier alpha value is -1.09. The summed E-state index contributed by atoms with van der Waals surface area (Å²) in [6, 6.07) is 7.88. The van der Waals surface area contributed by atoms with E-state index in [9.17, 15) is 0 Å². The van der Waals surface area contributed by atoms with Gasteiger partial charge in [0.2, 0.25) is 0 Å². The van der Waals surface area contributed by atoms with Crippen LogP contribution in [0.4, 0.5) is 0 Å². The predicted octanol–water partition coefficient (Wildman–Crippen LogP) is 3.78. The third-order valence-electron chi connectivity index (χ3n) is 2.04. The molecule has 0 saturated heterocycles. The van der Waals surface area contributed by atoms with Crippen LogP contribution in [-0.4, -0.2) is 11.1 Å². The average molecular weight is 266 g/mol. The summed E-state index contributed by atoms with van der Waals surface area (Å²) in [6.45, 7) is 4.04. The predicted molar refractivity (Wildman–Crippen MR) is 65.2 cm³/mol. The van der Waals surface area contributed by atoms with E-state index in [1.54, 1.807) is 6.20 Å². The van der Waals surface area contributed by atoms with Crippen LogP contribution in [0.25, 0.3) is 10.9 Å². The van der Waals surface area contributed by atoms with Gasteiger partial charge in [0.15, 0.2) is 0 Å². The zero-order valence-electron chi connectivity index (χ0n) is 8.70. The Morgan fingerprint density at radius 1 is 1.27 bits per heavy atom. The summed E-state index contributed by atoms with van der Waals surface area (Å²) in [5.74, 6) is 0.885. The highest BCUT2D eigenvalue weighted by molar-refractivity contribution is 9.10. The molecular formula is C12H12BrNO. The molecule has 2 aromatic rings. The number of halogens is 1. The monoisotopic (exact) mass is 265 g/mol. The molecule has 0 atom stereocenters. The van der Waals surface area contributed by atoms with Crippen molar-refractivity contribution >= 4 is 26.8 Å². The van der Waals surface area contributed by atoms with E-state index in [0.29, 0.717) is 0 Å². The summed E-state index contributed by atoms with van der Waals surface area (Å²) in [4.78, 5) is 4.32. The first kappa shape index (κ1) is 10.4. The van der Waals surface area contributed by atoms with Crippen LogP contribution in [0.15, 0.2) is 34.9 Å². The number of ether oxygens (including phenoxy) is 1. The first-order valence-corrected chi connectivity index (χ1v) is 5.67. The Balaban J connectivity index is 2.61. The quantitative estimate of drug-likeness (QED) is 0.825. The molecule has 0 bridgehead atoms. The molecule has 0 spiro atoms. The second kappa shape index (κ2) is 4.19. The average Bonchev–Trinajstić information content (AvgIpc) is 2.19. The Labute approximate surface area is 97.4 Å². The molecule has 1 heterocycles. The molecule has 0 unspecified atom stereocenters. The fourth-order valence-electron chi connectivity index (χ4n) is 1.47. The Morgan fingerprint density at radius 3 is 2.80 bits per heavy atom. The van der Waals surface area contributed by atoms with Crippen molar-refractivity contribution in [2.75, 3.05) is 0 Å². The first-order chi connectivity index (χ1) is 7.18. The lowest BCUT2D eigenvalue weighted by molar-refractivity contribution is 0.245. The maximum absolute atomic E-state index is 5.72. The second-order valence-corrected chi connectivity index (χ2v) is 4.47. The number of benzene rings is 1. The van der Waals surface area contributed by atoms with E-state index in [2.05, 4.69) is 20.9 Å². The van der Waals surface area contributed by atoms with Crippen molar-refractivity contribution in [1.82, 2.24) is 4.98 Å². The minimum Gasteiger partial charge on any atom is -0.490 e. The van der Waals surface area contributed by atoms with Gasteiger partial charge in [-0.15, -0.1) is 0 Å². The molecule has 78 valence electrons. The van der Waals surface area contributed by atoms with Crippen LogP contribution in [0.2, 0.25) is 0 Å². The molecule has 0 aliphatic carbocycles. The van der Waals surface area contributed by atoms with E-state index in [-0.39, 0.29) is 6.10 Å². The highest BCUT2D eigenvalue weighted by atomic mass is 79.9. The topological polar surface area (TPSA) is 22.1 Å². The Bertz CT molecular complexity index is 482. The molecule has 3 heteroatoms. The molecule has 0 saturated carbocycles. The van der Waals surface area contributed by atoms with Crippen molar-refractivity contribution in [3.05, 3.63) is 34.9 Å². The van der Waals surface area contributed by atoms with Crippen LogP contribution in [-0.2, 0) is 0 Å². The van der Waals surface area contributed by atoms with Crippen molar-refractivity contribution in [3.8, 4) is 5.75 Å². The van der Waals surface area contributed by atoms with E-state index in [1.807, 2.05) is 38.1 Å². The molecule has 2 rings (SSSR count). The minimum absolute atomic E-state index is 0.176. The van der Waals surface area contributed by atoms with Crippen LogP contribution in [0.5, 0.6) is 5.75 Å². The van der Waals surface area contributed by atoms with Gasteiger partial charge in [-0.25, -0.2) is 0 Å². The number of hydrogen-bond acceptors (Lipinski definition) is 2. The molecule has 0 aliphatic rings. The lowest BCUT2D eigenvalue weighted by Crippen LogP contribution is -2.05. The van der Waals surface area contributed by atoms with Gasteiger partial charge in [-0.1, -0.05) is 6.07 Å². The smallest absolute Gasteiger partial charge is 0.130 e. The van der Waals surface area contributed by atoms with Crippen molar-refractivity contribution in [2.24, 2.45) is 0 Å². The number of pyridine rings is 1. The van der Waals surface area contributed by atoms with Crippen LogP contribution >= 0.6 is 15.9 Å². The summed E-state index contributed by atoms with van der Waals surface area (Å²) in [6.07, 6.45) is 1.94. The molecule has 2 nitrogen and oxygen atoms in total. The largest absolute Gasteiger partial charge is 0.490 e. The van der Waals surface area contributed by atoms with Gasteiger partial charge >= 0.3 is 0 Å². The molecule has 1 aromatic carbocycles. The molecule has 0 fully saturated rings. The van der Waals surface area contributed by atoms with Crippen LogP contribution in [0, 0.1) is 0 Å². The van der Waals surface area contributed by atoms with Gasteiger partial charge in [0, 0.05) is 16.1 Å². The lowest BCUT2D eigenvalue weighted by atomic mass is 10.2. The third kappa shape index (κ3) is 2.12. The molecule has 1 aromatic heterocycles. The Kier molecular flexibility index (Phi) is 2.91. The summed E-state index contributed by atoms with van der Waals surface area (Å²) < 4.78 is 6.72. The number of nitrogens with zero attached hydrogens (tertiary/aromatic N) is 1. The van der Waals surface area contributed by atoms with Crippen LogP contribution < -0.4 is 4.74 Å². The van der Waals surface area contributed by atoms with Crippen molar-refractivity contribution in [3.63, 3.8) is 0 Å².